The Morgan fingerprint density at radius 3 is 2.46 bits per heavy atom. The fourth-order valence-corrected chi connectivity index (χ4v) is 2.94. The maximum atomic E-state index is 11.6. The molecule has 0 radical (unpaired) electrons. The number of nitrogens with two attached hydrogens (primary N) is 1. The van der Waals surface area contributed by atoms with Crippen LogP contribution in [-0.4, -0.2) is 26.3 Å². The first kappa shape index (κ1) is 10.9. The van der Waals surface area contributed by atoms with E-state index < -0.39 is 15.3 Å². The highest BCUT2D eigenvalue weighted by molar-refractivity contribution is 7.90. The largest absolute Gasteiger partial charge is 0.329 e. The van der Waals surface area contributed by atoms with Gasteiger partial charge in [-0.25, -0.2) is 13.1 Å². The molecule has 4 nitrogen and oxygen atoms in total. The average molecular weight is 206 g/mol. The lowest BCUT2D eigenvalue weighted by Crippen LogP contribution is -2.40. The van der Waals surface area contributed by atoms with Gasteiger partial charge in [0.1, 0.15) is 0 Å². The summed E-state index contributed by atoms with van der Waals surface area (Å²) in [5, 5.41) is -0.430. The lowest BCUT2D eigenvalue weighted by molar-refractivity contribution is 0.558. The fourth-order valence-electron chi connectivity index (χ4n) is 1.31. The molecular weight excluding hydrogens is 188 g/mol. The van der Waals surface area contributed by atoms with Crippen LogP contribution in [0.4, 0.5) is 0 Å². The molecule has 0 amide bonds. The SMILES string of the molecule is CCC(CN)S(=O)(=O)NC1CC1C. The van der Waals surface area contributed by atoms with Crippen LogP contribution in [0.2, 0.25) is 0 Å². The van der Waals surface area contributed by atoms with Gasteiger partial charge in [0.05, 0.1) is 5.25 Å². The molecule has 0 heterocycles. The first-order valence-electron chi connectivity index (χ1n) is 4.72. The molecular formula is C8H18N2O2S. The molecule has 1 aliphatic rings. The molecule has 0 bridgehead atoms. The molecule has 1 rings (SSSR count). The zero-order valence-corrected chi connectivity index (χ0v) is 8.97. The van der Waals surface area contributed by atoms with Gasteiger partial charge in [0.25, 0.3) is 0 Å². The molecule has 13 heavy (non-hydrogen) atoms. The van der Waals surface area contributed by atoms with E-state index in [0.717, 1.165) is 6.42 Å². The van der Waals surface area contributed by atoms with Crippen molar-refractivity contribution >= 4 is 10.0 Å². The highest BCUT2D eigenvalue weighted by Crippen LogP contribution is 2.30. The van der Waals surface area contributed by atoms with E-state index in [2.05, 4.69) is 4.72 Å². The summed E-state index contributed by atoms with van der Waals surface area (Å²) in [7, 11) is -3.17. The number of sulfonamides is 1. The topological polar surface area (TPSA) is 72.2 Å². The van der Waals surface area contributed by atoms with Crippen molar-refractivity contribution in [1.82, 2.24) is 4.72 Å². The van der Waals surface area contributed by atoms with Crippen molar-refractivity contribution < 1.29 is 8.42 Å². The van der Waals surface area contributed by atoms with E-state index in [4.69, 9.17) is 5.73 Å². The Morgan fingerprint density at radius 1 is 1.62 bits per heavy atom. The molecule has 3 unspecified atom stereocenters. The molecule has 1 fully saturated rings. The summed E-state index contributed by atoms with van der Waals surface area (Å²) in [5.74, 6) is 0.491. The van der Waals surface area contributed by atoms with Crippen LogP contribution in [0.3, 0.4) is 0 Å². The molecule has 0 spiro atoms. The Labute approximate surface area is 79.9 Å². The minimum Gasteiger partial charge on any atom is -0.329 e. The van der Waals surface area contributed by atoms with Crippen LogP contribution in [0.1, 0.15) is 26.7 Å². The minimum absolute atomic E-state index is 0.158. The Morgan fingerprint density at radius 2 is 2.15 bits per heavy atom. The van der Waals surface area contributed by atoms with Gasteiger partial charge in [-0.15, -0.1) is 0 Å². The van der Waals surface area contributed by atoms with Crippen LogP contribution in [0, 0.1) is 5.92 Å². The van der Waals surface area contributed by atoms with Gasteiger partial charge in [-0.1, -0.05) is 13.8 Å². The van der Waals surface area contributed by atoms with E-state index in [9.17, 15) is 8.42 Å². The van der Waals surface area contributed by atoms with E-state index in [1.807, 2.05) is 13.8 Å². The first-order chi connectivity index (χ1) is 6.01. The minimum atomic E-state index is -3.17. The molecule has 5 heteroatoms. The van der Waals surface area contributed by atoms with Gasteiger partial charge in [0.15, 0.2) is 0 Å². The number of rotatable bonds is 5. The highest BCUT2D eigenvalue weighted by atomic mass is 32.2. The van der Waals surface area contributed by atoms with Crippen LogP contribution in [0.15, 0.2) is 0 Å². The van der Waals surface area contributed by atoms with Gasteiger partial charge >= 0.3 is 0 Å². The summed E-state index contributed by atoms with van der Waals surface area (Å²) < 4.78 is 25.9. The second-order valence-corrected chi connectivity index (χ2v) is 5.74. The first-order valence-corrected chi connectivity index (χ1v) is 6.27. The molecule has 1 aliphatic carbocycles. The normalized spacial score (nSPS) is 30.1. The lowest BCUT2D eigenvalue weighted by atomic mass is 10.3. The average Bonchev–Trinajstić information content (AvgIpc) is 2.66. The predicted octanol–water partition coefficient (Wildman–Crippen LogP) is 0.0515. The molecule has 0 aliphatic heterocycles. The fraction of sp³-hybridized carbons (Fsp3) is 1.00. The van der Waals surface area contributed by atoms with Crippen LogP contribution < -0.4 is 10.5 Å². The second kappa shape index (κ2) is 3.94. The molecule has 3 atom stereocenters. The lowest BCUT2D eigenvalue weighted by Gasteiger charge is -2.14. The van der Waals surface area contributed by atoms with Crippen molar-refractivity contribution in [2.75, 3.05) is 6.54 Å². The summed E-state index contributed by atoms with van der Waals surface area (Å²) in [6.07, 6.45) is 1.53. The van der Waals surface area contributed by atoms with Crippen molar-refractivity contribution in [3.8, 4) is 0 Å². The smallest absolute Gasteiger partial charge is 0.215 e. The summed E-state index contributed by atoms with van der Waals surface area (Å²) in [6.45, 7) is 4.08. The Kier molecular flexibility index (Phi) is 3.32. The molecule has 0 aromatic heterocycles. The van der Waals surface area contributed by atoms with E-state index in [0.29, 0.717) is 12.3 Å². The van der Waals surface area contributed by atoms with Crippen molar-refractivity contribution in [3.63, 3.8) is 0 Å². The third-order valence-corrected chi connectivity index (χ3v) is 4.62. The van der Waals surface area contributed by atoms with Crippen molar-refractivity contribution in [2.45, 2.75) is 38.0 Å². The van der Waals surface area contributed by atoms with Gasteiger partial charge in [0.2, 0.25) is 10.0 Å². The number of hydrogen-bond acceptors (Lipinski definition) is 3. The molecule has 0 saturated heterocycles. The standard InChI is InChI=1S/C8H18N2O2S/c1-3-7(5-9)13(11,12)10-8-4-6(8)2/h6-8,10H,3-5,9H2,1-2H3. The molecule has 1 saturated carbocycles. The summed E-state index contributed by atoms with van der Waals surface area (Å²) in [4.78, 5) is 0. The van der Waals surface area contributed by atoms with E-state index in [-0.39, 0.29) is 12.6 Å². The Balaban J connectivity index is 2.54. The third kappa shape index (κ3) is 2.65. The molecule has 3 N–H and O–H groups in total. The van der Waals surface area contributed by atoms with Gasteiger partial charge in [0, 0.05) is 12.6 Å². The zero-order chi connectivity index (χ0) is 10.1. The number of hydrogen-bond donors (Lipinski definition) is 2. The molecule has 0 aromatic rings. The second-order valence-electron chi connectivity index (χ2n) is 3.75. The van der Waals surface area contributed by atoms with Crippen molar-refractivity contribution in [2.24, 2.45) is 11.7 Å². The van der Waals surface area contributed by atoms with Crippen molar-refractivity contribution in [3.05, 3.63) is 0 Å². The quantitative estimate of drug-likeness (QED) is 0.667. The van der Waals surface area contributed by atoms with Gasteiger partial charge in [-0.3, -0.25) is 0 Å². The van der Waals surface area contributed by atoms with Crippen molar-refractivity contribution in [1.29, 1.82) is 0 Å². The zero-order valence-electron chi connectivity index (χ0n) is 8.16. The Bertz CT molecular complexity index is 259. The van der Waals surface area contributed by atoms with Crippen LogP contribution >= 0.6 is 0 Å². The summed E-state index contributed by atoms with van der Waals surface area (Å²) in [6, 6.07) is 0.158. The van der Waals surface area contributed by atoms with Gasteiger partial charge < -0.3 is 5.73 Å². The highest BCUT2D eigenvalue weighted by Gasteiger charge is 2.37. The van der Waals surface area contributed by atoms with E-state index in [1.165, 1.54) is 0 Å². The van der Waals surface area contributed by atoms with Crippen LogP contribution in [0.25, 0.3) is 0 Å². The monoisotopic (exact) mass is 206 g/mol. The van der Waals surface area contributed by atoms with E-state index in [1.54, 1.807) is 0 Å². The third-order valence-electron chi connectivity index (χ3n) is 2.58. The van der Waals surface area contributed by atoms with Gasteiger partial charge in [-0.05, 0) is 18.8 Å². The van der Waals surface area contributed by atoms with Crippen LogP contribution in [0.5, 0.6) is 0 Å². The molecule has 78 valence electrons. The van der Waals surface area contributed by atoms with Crippen LogP contribution in [-0.2, 0) is 10.0 Å². The predicted molar refractivity (Wildman–Crippen MR) is 52.8 cm³/mol. The summed E-state index contributed by atoms with van der Waals surface area (Å²) >= 11 is 0. The van der Waals surface area contributed by atoms with E-state index >= 15 is 0 Å². The maximum absolute atomic E-state index is 11.6. The molecule has 0 aromatic carbocycles. The number of nitrogens with one attached hydrogen (secondary N) is 1. The summed E-state index contributed by atoms with van der Waals surface area (Å²) in [5.41, 5.74) is 5.38. The van der Waals surface area contributed by atoms with Gasteiger partial charge in [-0.2, -0.15) is 0 Å². The maximum Gasteiger partial charge on any atom is 0.215 e. The Hall–Kier alpha value is -0.130.